The maximum atomic E-state index is 11.6. The van der Waals surface area contributed by atoms with E-state index in [9.17, 15) is 9.90 Å². The van der Waals surface area contributed by atoms with Gasteiger partial charge in [0.15, 0.2) is 0 Å². The Hall–Kier alpha value is -1.30. The first-order chi connectivity index (χ1) is 10.1. The number of hydrogen-bond acceptors (Lipinski definition) is 3. The maximum absolute atomic E-state index is 11.6. The number of halogens is 1. The van der Waals surface area contributed by atoms with E-state index in [0.717, 1.165) is 18.4 Å². The monoisotopic (exact) mass is 313 g/mol. The minimum Gasteiger partial charge on any atom is -0.465 e. The molecule has 0 saturated heterocycles. The van der Waals surface area contributed by atoms with Crippen LogP contribution in [0.15, 0.2) is 24.3 Å². The number of carbonyl (C=O) groups is 1. The first-order valence-electron chi connectivity index (χ1n) is 6.97. The molecule has 0 radical (unpaired) electrons. The molecule has 1 aromatic carbocycles. The largest absolute Gasteiger partial charge is 0.465 e. The van der Waals surface area contributed by atoms with Crippen molar-refractivity contribution in [2.75, 3.05) is 20.5 Å². The number of nitrogens with zero attached hydrogens (tertiary/aromatic N) is 1. The Balaban J connectivity index is 2.17. The lowest BCUT2D eigenvalue weighted by atomic mass is 10.0. The van der Waals surface area contributed by atoms with Crippen molar-refractivity contribution in [3.05, 3.63) is 34.9 Å². The van der Waals surface area contributed by atoms with Gasteiger partial charge in [0.2, 0.25) is 0 Å². The molecule has 0 heterocycles. The fourth-order valence-corrected chi connectivity index (χ4v) is 2.69. The summed E-state index contributed by atoms with van der Waals surface area (Å²) < 4.78 is 10.2. The normalized spacial score (nSPS) is 15.7. The lowest BCUT2D eigenvalue weighted by Gasteiger charge is -2.30. The van der Waals surface area contributed by atoms with Gasteiger partial charge in [0, 0.05) is 18.2 Å². The first-order valence-corrected chi connectivity index (χ1v) is 7.35. The molecule has 1 N–H and O–H groups in total. The molecule has 1 aromatic rings. The molecule has 0 aromatic heterocycles. The Morgan fingerprint density at radius 2 is 2.19 bits per heavy atom. The van der Waals surface area contributed by atoms with E-state index in [0.29, 0.717) is 18.1 Å². The van der Waals surface area contributed by atoms with Crippen LogP contribution in [0.4, 0.5) is 4.79 Å². The number of methoxy groups -OCH3 is 1. The summed E-state index contributed by atoms with van der Waals surface area (Å²) in [5.74, 6) is 0. The van der Waals surface area contributed by atoms with Gasteiger partial charge in [0.1, 0.15) is 6.79 Å². The van der Waals surface area contributed by atoms with Crippen LogP contribution in [0, 0.1) is 0 Å². The van der Waals surface area contributed by atoms with Gasteiger partial charge in [-0.2, -0.15) is 0 Å². The molecule has 6 heteroatoms. The van der Waals surface area contributed by atoms with Crippen molar-refractivity contribution >= 4 is 17.7 Å². The molecule has 0 bridgehead atoms. The van der Waals surface area contributed by atoms with Gasteiger partial charge in [0.05, 0.1) is 12.6 Å². The van der Waals surface area contributed by atoms with E-state index in [-0.39, 0.29) is 18.9 Å². The van der Waals surface area contributed by atoms with Gasteiger partial charge in [-0.25, -0.2) is 4.79 Å². The quantitative estimate of drug-likeness (QED) is 0.589. The number of rotatable bonds is 8. The summed E-state index contributed by atoms with van der Waals surface area (Å²) in [5, 5.41) is 10.1. The zero-order valence-electron chi connectivity index (χ0n) is 12.0. The van der Waals surface area contributed by atoms with Gasteiger partial charge in [-0.1, -0.05) is 29.8 Å². The van der Waals surface area contributed by atoms with Crippen molar-refractivity contribution in [3.8, 4) is 0 Å². The molecule has 1 aliphatic carbocycles. The van der Waals surface area contributed by atoms with Crippen molar-refractivity contribution in [2.45, 2.75) is 31.3 Å². The van der Waals surface area contributed by atoms with E-state index in [1.807, 2.05) is 18.2 Å². The topological polar surface area (TPSA) is 59.0 Å². The second-order valence-electron chi connectivity index (χ2n) is 5.06. The molecule has 1 saturated carbocycles. The molecule has 21 heavy (non-hydrogen) atoms. The predicted octanol–water partition coefficient (Wildman–Crippen LogP) is 3.53. The smallest absolute Gasteiger partial charge is 0.408 e. The third-order valence-corrected chi connectivity index (χ3v) is 3.84. The van der Waals surface area contributed by atoms with E-state index in [1.54, 1.807) is 13.2 Å². The van der Waals surface area contributed by atoms with Crippen LogP contribution < -0.4 is 0 Å². The summed E-state index contributed by atoms with van der Waals surface area (Å²) in [5.41, 5.74) is 0.828. The Kier molecular flexibility index (Phi) is 5.85. The minimum atomic E-state index is -0.908. The van der Waals surface area contributed by atoms with Crippen molar-refractivity contribution in [3.63, 3.8) is 0 Å². The van der Waals surface area contributed by atoms with Crippen LogP contribution >= 0.6 is 11.6 Å². The standard InChI is InChI=1S/C15H20ClNO4/c1-20-10-21-9-8-14(12-4-2-3-5-13(12)16)17(15(18)19)11-6-7-11/h2-5,11,14H,6-10H2,1H3,(H,18,19)/t14-/m0/s1. The number of benzene rings is 1. The van der Waals surface area contributed by atoms with Crippen LogP contribution in [0.1, 0.15) is 30.9 Å². The Labute approximate surface area is 129 Å². The van der Waals surface area contributed by atoms with Crippen LogP contribution in [0.2, 0.25) is 5.02 Å². The zero-order chi connectivity index (χ0) is 15.2. The van der Waals surface area contributed by atoms with Crippen LogP contribution in [-0.4, -0.2) is 42.7 Å². The molecule has 0 spiro atoms. The fourth-order valence-electron chi connectivity index (χ4n) is 2.42. The molecule has 1 amide bonds. The third kappa shape index (κ3) is 4.33. The number of amides is 1. The Morgan fingerprint density at radius 3 is 2.76 bits per heavy atom. The molecule has 0 aliphatic heterocycles. The van der Waals surface area contributed by atoms with E-state index in [1.165, 1.54) is 4.90 Å². The van der Waals surface area contributed by atoms with Gasteiger partial charge in [-0.05, 0) is 30.9 Å². The molecule has 1 aliphatic rings. The summed E-state index contributed by atoms with van der Waals surface area (Å²) in [7, 11) is 1.55. The zero-order valence-corrected chi connectivity index (χ0v) is 12.8. The predicted molar refractivity (Wildman–Crippen MR) is 79.5 cm³/mol. The van der Waals surface area contributed by atoms with Crippen LogP contribution in [-0.2, 0) is 9.47 Å². The summed E-state index contributed by atoms with van der Waals surface area (Å²) in [6, 6.07) is 7.17. The highest BCUT2D eigenvalue weighted by Crippen LogP contribution is 2.38. The Morgan fingerprint density at radius 1 is 1.48 bits per heavy atom. The SMILES string of the molecule is COCOCC[C@@H](c1ccccc1Cl)N(C(=O)O)C1CC1. The highest BCUT2D eigenvalue weighted by molar-refractivity contribution is 6.31. The summed E-state index contributed by atoms with van der Waals surface area (Å²) >= 11 is 6.25. The average molecular weight is 314 g/mol. The summed E-state index contributed by atoms with van der Waals surface area (Å²) in [6.45, 7) is 0.617. The molecular weight excluding hydrogens is 294 g/mol. The van der Waals surface area contributed by atoms with E-state index >= 15 is 0 Å². The van der Waals surface area contributed by atoms with Gasteiger partial charge < -0.3 is 14.6 Å². The van der Waals surface area contributed by atoms with Gasteiger partial charge in [-0.3, -0.25) is 4.90 Å². The van der Waals surface area contributed by atoms with Gasteiger partial charge in [-0.15, -0.1) is 0 Å². The van der Waals surface area contributed by atoms with E-state index < -0.39 is 6.09 Å². The van der Waals surface area contributed by atoms with E-state index in [2.05, 4.69) is 0 Å². The van der Waals surface area contributed by atoms with Crippen molar-refractivity contribution in [1.82, 2.24) is 4.90 Å². The van der Waals surface area contributed by atoms with Crippen LogP contribution in [0.3, 0.4) is 0 Å². The summed E-state index contributed by atoms with van der Waals surface area (Å²) in [4.78, 5) is 13.1. The molecule has 1 fully saturated rings. The molecule has 1 atom stereocenters. The number of hydrogen-bond donors (Lipinski definition) is 1. The number of carboxylic acid groups (broad SMARTS) is 1. The molecule has 116 valence electrons. The molecule has 2 rings (SSSR count). The van der Waals surface area contributed by atoms with Crippen molar-refractivity contribution < 1.29 is 19.4 Å². The van der Waals surface area contributed by atoms with E-state index in [4.69, 9.17) is 21.1 Å². The van der Waals surface area contributed by atoms with Gasteiger partial charge >= 0.3 is 6.09 Å². The third-order valence-electron chi connectivity index (χ3n) is 3.50. The minimum absolute atomic E-state index is 0.0891. The average Bonchev–Trinajstić information content (AvgIpc) is 3.27. The second-order valence-corrected chi connectivity index (χ2v) is 5.47. The maximum Gasteiger partial charge on any atom is 0.408 e. The van der Waals surface area contributed by atoms with Crippen molar-refractivity contribution in [2.24, 2.45) is 0 Å². The second kappa shape index (κ2) is 7.64. The Bertz CT molecular complexity index is 478. The fraction of sp³-hybridized carbons (Fsp3) is 0.533. The molecule has 0 unspecified atom stereocenters. The lowest BCUT2D eigenvalue weighted by molar-refractivity contribution is -0.0365. The highest BCUT2D eigenvalue weighted by Gasteiger charge is 2.38. The van der Waals surface area contributed by atoms with Crippen LogP contribution in [0.5, 0.6) is 0 Å². The highest BCUT2D eigenvalue weighted by atomic mass is 35.5. The summed E-state index contributed by atoms with van der Waals surface area (Å²) in [6.07, 6.45) is 1.46. The van der Waals surface area contributed by atoms with Gasteiger partial charge in [0.25, 0.3) is 0 Å². The molecule has 5 nitrogen and oxygen atoms in total. The lowest BCUT2D eigenvalue weighted by Crippen LogP contribution is -2.36. The molecular formula is C15H20ClNO4. The first kappa shape index (κ1) is 16.1. The van der Waals surface area contributed by atoms with Crippen molar-refractivity contribution in [1.29, 1.82) is 0 Å². The van der Waals surface area contributed by atoms with Crippen LogP contribution in [0.25, 0.3) is 0 Å². The number of ether oxygens (including phenoxy) is 2.